The highest BCUT2D eigenvalue weighted by Crippen LogP contribution is 2.34. The van der Waals surface area contributed by atoms with Crippen LogP contribution in [0, 0.1) is 0 Å². The van der Waals surface area contributed by atoms with Crippen molar-refractivity contribution in [3.8, 4) is 11.1 Å². The first kappa shape index (κ1) is 18.2. The molecule has 3 rings (SSSR count). The quantitative estimate of drug-likeness (QED) is 0.755. The van der Waals surface area contributed by atoms with Crippen molar-refractivity contribution in [2.24, 2.45) is 0 Å². The van der Waals surface area contributed by atoms with Crippen LogP contribution in [0.2, 0.25) is 0 Å². The first-order valence-corrected chi connectivity index (χ1v) is 9.31. The van der Waals surface area contributed by atoms with E-state index in [4.69, 9.17) is 9.47 Å². The molecule has 0 spiro atoms. The van der Waals surface area contributed by atoms with Gasteiger partial charge in [0.2, 0.25) is 0 Å². The van der Waals surface area contributed by atoms with Crippen molar-refractivity contribution in [3.05, 3.63) is 41.5 Å². The van der Waals surface area contributed by atoms with E-state index in [1.54, 1.807) is 19.9 Å². The van der Waals surface area contributed by atoms with Crippen molar-refractivity contribution < 1.29 is 19.1 Å². The number of hydrogen-bond acceptors (Lipinski definition) is 5. The van der Waals surface area contributed by atoms with Gasteiger partial charge in [0.15, 0.2) is 0 Å². The Labute approximate surface area is 154 Å². The van der Waals surface area contributed by atoms with Gasteiger partial charge in [-0.2, -0.15) is 0 Å². The number of anilines is 1. The molecule has 2 aliphatic carbocycles. The van der Waals surface area contributed by atoms with Gasteiger partial charge in [0.1, 0.15) is 0 Å². The lowest BCUT2D eigenvalue weighted by molar-refractivity contribution is 0.0525. The Kier molecular flexibility index (Phi) is 5.76. The number of hydrogen-bond donors (Lipinski definition) is 0. The van der Waals surface area contributed by atoms with Gasteiger partial charge in [-0.15, -0.1) is 0 Å². The van der Waals surface area contributed by atoms with Crippen LogP contribution in [0.15, 0.2) is 30.3 Å². The van der Waals surface area contributed by atoms with E-state index in [2.05, 4.69) is 4.90 Å². The number of esters is 2. The molecule has 0 bridgehead atoms. The summed E-state index contributed by atoms with van der Waals surface area (Å²) < 4.78 is 10.3. The second-order valence-corrected chi connectivity index (χ2v) is 6.38. The summed E-state index contributed by atoms with van der Waals surface area (Å²) in [6.07, 6.45) is 3.64. The molecule has 0 aromatic heterocycles. The normalized spacial score (nSPS) is 14.3. The summed E-state index contributed by atoms with van der Waals surface area (Å²) in [6.45, 7) is 6.18. The summed E-state index contributed by atoms with van der Waals surface area (Å²) in [5.74, 6) is -0.836. The molecule has 1 fully saturated rings. The van der Waals surface area contributed by atoms with Crippen LogP contribution >= 0.6 is 0 Å². The molecule has 0 unspecified atom stereocenters. The van der Waals surface area contributed by atoms with Crippen LogP contribution in [0.25, 0.3) is 11.1 Å². The number of carbonyl (C=O) groups is 2. The summed E-state index contributed by atoms with van der Waals surface area (Å²) in [6, 6.07) is 9.44. The maximum Gasteiger partial charge on any atom is 0.338 e. The van der Waals surface area contributed by atoms with E-state index in [9.17, 15) is 9.59 Å². The Morgan fingerprint density at radius 2 is 1.35 bits per heavy atom. The topological polar surface area (TPSA) is 55.8 Å². The van der Waals surface area contributed by atoms with Crippen molar-refractivity contribution in [2.75, 3.05) is 31.2 Å². The maximum atomic E-state index is 12.4. The van der Waals surface area contributed by atoms with Crippen molar-refractivity contribution >= 4 is 17.6 Å². The molecule has 26 heavy (non-hydrogen) atoms. The molecule has 1 heterocycles. The highest BCUT2D eigenvalue weighted by molar-refractivity contribution is 6.08. The first-order valence-electron chi connectivity index (χ1n) is 9.31. The van der Waals surface area contributed by atoms with Crippen LogP contribution in [0.3, 0.4) is 0 Å². The standard InChI is InChI=1S/C21H25NO4/c1-3-25-20(23)18-14-19(21(24)26-4-2)17-11-9-15(8-10-16(17)18)22-12-6-5-7-13-22/h8-11,14H,3-7,12-13H2,1-2H3. The summed E-state index contributed by atoms with van der Waals surface area (Å²) >= 11 is 0. The van der Waals surface area contributed by atoms with Crippen molar-refractivity contribution in [1.29, 1.82) is 0 Å². The fraction of sp³-hybridized carbons (Fsp3) is 0.429. The van der Waals surface area contributed by atoms with Crippen LogP contribution in [-0.4, -0.2) is 38.2 Å². The number of piperidine rings is 1. The smallest absolute Gasteiger partial charge is 0.338 e. The minimum atomic E-state index is -0.418. The highest BCUT2D eigenvalue weighted by atomic mass is 16.5. The van der Waals surface area contributed by atoms with E-state index >= 15 is 0 Å². The summed E-state index contributed by atoms with van der Waals surface area (Å²) in [7, 11) is 0. The average Bonchev–Trinajstić information content (AvgIpc) is 2.88. The van der Waals surface area contributed by atoms with E-state index in [-0.39, 0.29) is 13.2 Å². The predicted octanol–water partition coefficient (Wildman–Crippen LogP) is 4.14. The molecule has 1 aliphatic heterocycles. The monoisotopic (exact) mass is 355 g/mol. The van der Waals surface area contributed by atoms with Gasteiger partial charge in [-0.25, -0.2) is 9.59 Å². The minimum Gasteiger partial charge on any atom is -0.462 e. The molecule has 0 aromatic carbocycles. The minimum absolute atomic E-state index is 0.290. The van der Waals surface area contributed by atoms with Gasteiger partial charge in [-0.05, 0) is 62.4 Å². The van der Waals surface area contributed by atoms with Gasteiger partial charge < -0.3 is 14.4 Å². The lowest BCUT2D eigenvalue weighted by Crippen LogP contribution is -2.28. The Morgan fingerprint density at radius 3 is 1.81 bits per heavy atom. The molecular weight excluding hydrogens is 330 g/mol. The fourth-order valence-electron chi connectivity index (χ4n) is 3.46. The number of nitrogens with zero attached hydrogens (tertiary/aromatic N) is 1. The van der Waals surface area contributed by atoms with E-state index in [1.165, 1.54) is 19.3 Å². The zero-order chi connectivity index (χ0) is 18.5. The van der Waals surface area contributed by atoms with E-state index in [0.717, 1.165) is 29.9 Å². The fourth-order valence-corrected chi connectivity index (χ4v) is 3.46. The molecule has 5 heteroatoms. The zero-order valence-electron chi connectivity index (χ0n) is 15.4. The Morgan fingerprint density at radius 1 is 0.846 bits per heavy atom. The van der Waals surface area contributed by atoms with E-state index in [0.29, 0.717) is 11.1 Å². The number of carbonyl (C=O) groups excluding carboxylic acids is 2. The van der Waals surface area contributed by atoms with Crippen molar-refractivity contribution in [1.82, 2.24) is 0 Å². The first-order chi connectivity index (χ1) is 12.7. The Bertz CT molecular complexity index is 712. The zero-order valence-corrected chi connectivity index (χ0v) is 15.4. The largest absolute Gasteiger partial charge is 0.462 e. The van der Waals surface area contributed by atoms with Gasteiger partial charge in [-0.3, -0.25) is 0 Å². The number of rotatable bonds is 5. The molecule has 0 saturated carbocycles. The van der Waals surface area contributed by atoms with Crippen LogP contribution in [0.1, 0.15) is 53.8 Å². The van der Waals surface area contributed by atoms with Gasteiger partial charge >= 0.3 is 11.9 Å². The molecule has 0 radical (unpaired) electrons. The highest BCUT2D eigenvalue weighted by Gasteiger charge is 2.25. The van der Waals surface area contributed by atoms with Crippen LogP contribution < -0.4 is 4.90 Å². The summed E-state index contributed by atoms with van der Waals surface area (Å²) in [5.41, 5.74) is 3.35. The number of ether oxygens (including phenoxy) is 2. The maximum absolute atomic E-state index is 12.4. The lowest BCUT2D eigenvalue weighted by atomic mass is 10.1. The van der Waals surface area contributed by atoms with E-state index in [1.807, 2.05) is 24.3 Å². The molecule has 138 valence electrons. The third-order valence-corrected chi connectivity index (χ3v) is 4.71. The molecule has 5 nitrogen and oxygen atoms in total. The third-order valence-electron chi connectivity index (χ3n) is 4.71. The second-order valence-electron chi connectivity index (χ2n) is 6.38. The van der Waals surface area contributed by atoms with Gasteiger partial charge in [0.05, 0.1) is 24.3 Å². The average molecular weight is 355 g/mol. The molecule has 1 saturated heterocycles. The van der Waals surface area contributed by atoms with Crippen molar-refractivity contribution in [3.63, 3.8) is 0 Å². The van der Waals surface area contributed by atoms with Gasteiger partial charge in [-0.1, -0.05) is 12.1 Å². The van der Waals surface area contributed by atoms with Crippen LogP contribution in [0.4, 0.5) is 5.69 Å². The predicted molar refractivity (Wildman–Crippen MR) is 101 cm³/mol. The second kappa shape index (κ2) is 8.21. The van der Waals surface area contributed by atoms with Crippen molar-refractivity contribution in [2.45, 2.75) is 33.1 Å². The Balaban J connectivity index is 2.06. The molecule has 0 atom stereocenters. The van der Waals surface area contributed by atoms with Crippen LogP contribution in [-0.2, 0) is 9.47 Å². The van der Waals surface area contributed by atoms with E-state index < -0.39 is 11.9 Å². The van der Waals surface area contributed by atoms with Crippen LogP contribution in [0.5, 0.6) is 0 Å². The molecule has 0 N–H and O–H groups in total. The molecule has 0 aromatic rings. The van der Waals surface area contributed by atoms with Gasteiger partial charge in [0.25, 0.3) is 0 Å². The van der Waals surface area contributed by atoms with Gasteiger partial charge in [0, 0.05) is 18.8 Å². The molecular formula is C21H25NO4. The summed E-state index contributed by atoms with van der Waals surface area (Å²) in [5, 5.41) is 0. The molecule has 3 aliphatic rings. The third kappa shape index (κ3) is 3.66. The number of fused-ring (bicyclic) bond motifs is 1. The SMILES string of the molecule is CCOC(=O)c1cc(C(=O)OCC)c2ccc(N3CCCCC3)ccc1-2. The lowest BCUT2D eigenvalue weighted by Gasteiger charge is -2.28. The molecule has 0 amide bonds. The Hall–Kier alpha value is -2.56. The summed E-state index contributed by atoms with van der Waals surface area (Å²) in [4.78, 5) is 27.1.